The topological polar surface area (TPSA) is 39.2 Å². The van der Waals surface area contributed by atoms with Gasteiger partial charge in [0.15, 0.2) is 5.78 Å². The van der Waals surface area contributed by atoms with E-state index in [9.17, 15) is 4.79 Å². The highest BCUT2D eigenvalue weighted by Crippen LogP contribution is 2.24. The molecule has 2 aromatic carbocycles. The van der Waals surface area contributed by atoms with Crippen LogP contribution in [0.1, 0.15) is 21.5 Å². The molecule has 0 aliphatic carbocycles. The second kappa shape index (κ2) is 5.37. The summed E-state index contributed by atoms with van der Waals surface area (Å²) in [5, 5.41) is 1.87. The van der Waals surface area contributed by atoms with Crippen LogP contribution in [0.5, 0.6) is 5.75 Å². The second-order valence-electron chi connectivity index (χ2n) is 4.92. The number of methoxy groups -OCH3 is 1. The maximum Gasteiger partial charge on any atom is 0.193 e. The SMILES string of the molecule is COc1cc(C(=O)c2cccc3cnccc23)ccc1C. The van der Waals surface area contributed by atoms with Crippen LogP contribution in [0.4, 0.5) is 0 Å². The predicted molar refractivity (Wildman–Crippen MR) is 82.9 cm³/mol. The van der Waals surface area contributed by atoms with E-state index in [4.69, 9.17) is 4.74 Å². The molecule has 3 aromatic rings. The van der Waals surface area contributed by atoms with E-state index in [1.807, 2.05) is 43.3 Å². The number of hydrogen-bond acceptors (Lipinski definition) is 3. The largest absolute Gasteiger partial charge is 0.496 e. The van der Waals surface area contributed by atoms with Crippen LogP contribution in [-0.4, -0.2) is 17.9 Å². The number of rotatable bonds is 3. The minimum absolute atomic E-state index is 0.00917. The van der Waals surface area contributed by atoms with Crippen LogP contribution in [-0.2, 0) is 0 Å². The van der Waals surface area contributed by atoms with Crippen molar-refractivity contribution in [3.63, 3.8) is 0 Å². The summed E-state index contributed by atoms with van der Waals surface area (Å²) < 4.78 is 5.30. The fraction of sp³-hybridized carbons (Fsp3) is 0.111. The first-order valence-electron chi connectivity index (χ1n) is 6.73. The molecule has 3 heteroatoms. The molecule has 0 unspecified atom stereocenters. The number of aryl methyl sites for hydroxylation is 1. The van der Waals surface area contributed by atoms with Gasteiger partial charge < -0.3 is 4.74 Å². The maximum absolute atomic E-state index is 12.8. The number of fused-ring (bicyclic) bond motifs is 1. The van der Waals surface area contributed by atoms with Gasteiger partial charge >= 0.3 is 0 Å². The van der Waals surface area contributed by atoms with Gasteiger partial charge in [0, 0.05) is 28.9 Å². The van der Waals surface area contributed by atoms with Crippen LogP contribution in [0.3, 0.4) is 0 Å². The molecule has 0 saturated carbocycles. The average Bonchev–Trinajstić information content (AvgIpc) is 2.54. The lowest BCUT2D eigenvalue weighted by molar-refractivity contribution is 0.104. The molecule has 1 aromatic heterocycles. The van der Waals surface area contributed by atoms with Crippen molar-refractivity contribution >= 4 is 16.6 Å². The Morgan fingerprint density at radius 2 is 2.00 bits per heavy atom. The van der Waals surface area contributed by atoms with Crippen molar-refractivity contribution in [2.24, 2.45) is 0 Å². The van der Waals surface area contributed by atoms with Crippen molar-refractivity contribution in [1.82, 2.24) is 4.98 Å². The Morgan fingerprint density at radius 1 is 1.14 bits per heavy atom. The molecule has 1 heterocycles. The molecule has 0 aliphatic rings. The number of ether oxygens (including phenoxy) is 1. The van der Waals surface area contributed by atoms with Crippen molar-refractivity contribution in [1.29, 1.82) is 0 Å². The van der Waals surface area contributed by atoms with Crippen molar-refractivity contribution in [3.05, 3.63) is 71.5 Å². The minimum atomic E-state index is -0.00917. The molecule has 3 rings (SSSR count). The zero-order valence-electron chi connectivity index (χ0n) is 12.0. The smallest absolute Gasteiger partial charge is 0.193 e. The van der Waals surface area contributed by atoms with E-state index >= 15 is 0 Å². The first-order chi connectivity index (χ1) is 10.2. The molecule has 0 aliphatic heterocycles. The number of hydrogen-bond donors (Lipinski definition) is 0. The van der Waals surface area contributed by atoms with Gasteiger partial charge in [0.05, 0.1) is 7.11 Å². The lowest BCUT2D eigenvalue weighted by Gasteiger charge is -2.09. The van der Waals surface area contributed by atoms with E-state index in [1.54, 1.807) is 25.6 Å². The Hall–Kier alpha value is -2.68. The molecule has 0 N–H and O–H groups in total. The molecule has 0 bridgehead atoms. The number of aromatic nitrogens is 1. The van der Waals surface area contributed by atoms with Crippen LogP contribution in [0.25, 0.3) is 10.8 Å². The van der Waals surface area contributed by atoms with E-state index in [0.717, 1.165) is 22.1 Å². The standard InChI is InChI=1S/C18H15NO2/c1-12-6-7-13(10-17(12)21-2)18(20)16-5-3-4-14-11-19-9-8-15(14)16/h3-11H,1-2H3. The van der Waals surface area contributed by atoms with Crippen LogP contribution >= 0.6 is 0 Å². The van der Waals surface area contributed by atoms with Gasteiger partial charge in [0.1, 0.15) is 5.75 Å². The Kier molecular flexibility index (Phi) is 3.40. The summed E-state index contributed by atoms with van der Waals surface area (Å²) in [4.78, 5) is 16.9. The average molecular weight is 277 g/mol. The lowest BCUT2D eigenvalue weighted by Crippen LogP contribution is -2.03. The summed E-state index contributed by atoms with van der Waals surface area (Å²) >= 11 is 0. The van der Waals surface area contributed by atoms with Crippen molar-refractivity contribution in [2.45, 2.75) is 6.92 Å². The Bertz CT molecular complexity index is 819. The maximum atomic E-state index is 12.8. The Labute approximate surface area is 123 Å². The van der Waals surface area contributed by atoms with E-state index in [0.29, 0.717) is 11.1 Å². The van der Waals surface area contributed by atoms with Gasteiger partial charge in [-0.2, -0.15) is 0 Å². The number of carbonyl (C=O) groups is 1. The lowest BCUT2D eigenvalue weighted by atomic mass is 9.97. The number of pyridine rings is 1. The fourth-order valence-electron chi connectivity index (χ4n) is 2.44. The molecule has 104 valence electrons. The summed E-state index contributed by atoms with van der Waals surface area (Å²) in [6.07, 6.45) is 3.47. The molecular formula is C18H15NO2. The molecule has 0 saturated heterocycles. The van der Waals surface area contributed by atoms with Crippen LogP contribution < -0.4 is 4.74 Å². The zero-order chi connectivity index (χ0) is 14.8. The number of carbonyl (C=O) groups excluding carboxylic acids is 1. The van der Waals surface area contributed by atoms with Gasteiger partial charge in [-0.1, -0.05) is 30.3 Å². The van der Waals surface area contributed by atoms with Gasteiger partial charge in [-0.25, -0.2) is 0 Å². The summed E-state index contributed by atoms with van der Waals surface area (Å²) in [5.74, 6) is 0.716. The molecule has 0 amide bonds. The monoisotopic (exact) mass is 277 g/mol. The Balaban J connectivity index is 2.13. The van der Waals surface area contributed by atoms with E-state index < -0.39 is 0 Å². The van der Waals surface area contributed by atoms with Crippen LogP contribution in [0, 0.1) is 6.92 Å². The van der Waals surface area contributed by atoms with Crippen molar-refractivity contribution in [2.75, 3.05) is 7.11 Å². The van der Waals surface area contributed by atoms with E-state index in [2.05, 4.69) is 4.98 Å². The summed E-state index contributed by atoms with van der Waals surface area (Å²) in [6, 6.07) is 13.1. The molecular weight excluding hydrogens is 262 g/mol. The summed E-state index contributed by atoms with van der Waals surface area (Å²) in [7, 11) is 1.61. The third kappa shape index (κ3) is 2.38. The highest BCUT2D eigenvalue weighted by atomic mass is 16.5. The second-order valence-corrected chi connectivity index (χ2v) is 4.92. The van der Waals surface area contributed by atoms with E-state index in [-0.39, 0.29) is 5.78 Å². The molecule has 0 fully saturated rings. The predicted octanol–water partition coefficient (Wildman–Crippen LogP) is 3.78. The number of ketones is 1. The number of nitrogens with zero attached hydrogens (tertiary/aromatic N) is 1. The fourth-order valence-corrected chi connectivity index (χ4v) is 2.44. The summed E-state index contributed by atoms with van der Waals surface area (Å²) in [5.41, 5.74) is 2.32. The molecule has 0 radical (unpaired) electrons. The van der Waals surface area contributed by atoms with E-state index in [1.165, 1.54) is 0 Å². The van der Waals surface area contributed by atoms with Crippen LogP contribution in [0.2, 0.25) is 0 Å². The van der Waals surface area contributed by atoms with Crippen molar-refractivity contribution < 1.29 is 9.53 Å². The highest BCUT2D eigenvalue weighted by molar-refractivity contribution is 6.16. The quantitative estimate of drug-likeness (QED) is 0.684. The van der Waals surface area contributed by atoms with Crippen LogP contribution in [0.15, 0.2) is 54.9 Å². The molecule has 3 nitrogen and oxygen atoms in total. The number of benzene rings is 2. The van der Waals surface area contributed by atoms with Gasteiger partial charge in [0.2, 0.25) is 0 Å². The van der Waals surface area contributed by atoms with Gasteiger partial charge in [-0.05, 0) is 30.0 Å². The van der Waals surface area contributed by atoms with Crippen molar-refractivity contribution in [3.8, 4) is 5.75 Å². The first-order valence-corrected chi connectivity index (χ1v) is 6.73. The van der Waals surface area contributed by atoms with Gasteiger partial charge in [-0.3, -0.25) is 9.78 Å². The first kappa shape index (κ1) is 13.3. The zero-order valence-corrected chi connectivity index (χ0v) is 12.0. The third-order valence-electron chi connectivity index (χ3n) is 3.60. The normalized spacial score (nSPS) is 10.6. The molecule has 0 spiro atoms. The van der Waals surface area contributed by atoms with Gasteiger partial charge in [-0.15, -0.1) is 0 Å². The Morgan fingerprint density at radius 3 is 2.81 bits per heavy atom. The minimum Gasteiger partial charge on any atom is -0.496 e. The highest BCUT2D eigenvalue weighted by Gasteiger charge is 2.13. The third-order valence-corrected chi connectivity index (χ3v) is 3.60. The molecule has 21 heavy (non-hydrogen) atoms. The summed E-state index contributed by atoms with van der Waals surface area (Å²) in [6.45, 7) is 1.96. The van der Waals surface area contributed by atoms with Gasteiger partial charge in [0.25, 0.3) is 0 Å². The molecule has 0 atom stereocenters.